The molecule has 4 nitrogen and oxygen atoms in total. The van der Waals surface area contributed by atoms with Gasteiger partial charge in [-0.1, -0.05) is 26.0 Å². The van der Waals surface area contributed by atoms with Gasteiger partial charge in [-0.05, 0) is 42.9 Å². The van der Waals surface area contributed by atoms with Crippen LogP contribution in [0.25, 0.3) is 0 Å². The van der Waals surface area contributed by atoms with Crippen LogP contribution in [0, 0.1) is 19.3 Å². The molecule has 1 unspecified atom stereocenters. The molecule has 4 heteroatoms. The summed E-state index contributed by atoms with van der Waals surface area (Å²) in [5, 5.41) is 22.2. The summed E-state index contributed by atoms with van der Waals surface area (Å²) >= 11 is 0. The Morgan fingerprint density at radius 2 is 2.00 bits per heavy atom. The zero-order chi connectivity index (χ0) is 15.9. The Morgan fingerprint density at radius 1 is 1.29 bits per heavy atom. The fourth-order valence-electron chi connectivity index (χ4n) is 2.08. The van der Waals surface area contributed by atoms with Gasteiger partial charge in [-0.2, -0.15) is 0 Å². The monoisotopic (exact) mass is 295 g/mol. The minimum absolute atomic E-state index is 0.0302. The van der Waals surface area contributed by atoms with Crippen LogP contribution in [0.5, 0.6) is 5.75 Å². The molecule has 0 aliphatic carbocycles. The zero-order valence-corrected chi connectivity index (χ0v) is 13.6. The van der Waals surface area contributed by atoms with Crippen molar-refractivity contribution in [1.82, 2.24) is 5.32 Å². The Bertz CT molecular complexity index is 432. The van der Waals surface area contributed by atoms with E-state index >= 15 is 0 Å². The molecule has 120 valence electrons. The summed E-state index contributed by atoms with van der Waals surface area (Å²) in [4.78, 5) is 0. The third-order valence-electron chi connectivity index (χ3n) is 3.55. The molecule has 0 saturated heterocycles. The number of benzene rings is 1. The van der Waals surface area contributed by atoms with Gasteiger partial charge in [0.2, 0.25) is 0 Å². The van der Waals surface area contributed by atoms with Crippen molar-refractivity contribution in [2.45, 2.75) is 40.2 Å². The molecule has 0 aliphatic rings. The highest BCUT2D eigenvalue weighted by Crippen LogP contribution is 2.19. The highest BCUT2D eigenvalue weighted by atomic mass is 16.5. The minimum atomic E-state index is -0.546. The quantitative estimate of drug-likeness (QED) is 0.652. The van der Waals surface area contributed by atoms with Crippen molar-refractivity contribution < 1.29 is 14.9 Å². The van der Waals surface area contributed by atoms with E-state index in [2.05, 4.69) is 19.2 Å². The van der Waals surface area contributed by atoms with Crippen molar-refractivity contribution >= 4 is 0 Å². The molecule has 0 radical (unpaired) electrons. The first-order chi connectivity index (χ1) is 9.84. The minimum Gasteiger partial charge on any atom is -0.491 e. The molecular formula is C17H29NO3. The van der Waals surface area contributed by atoms with E-state index in [1.807, 2.05) is 32.0 Å². The van der Waals surface area contributed by atoms with Gasteiger partial charge >= 0.3 is 0 Å². The van der Waals surface area contributed by atoms with Crippen molar-refractivity contribution in [3.05, 3.63) is 29.3 Å². The standard InChI is InChI=1S/C17H29NO3/c1-13-5-6-14(2)16(9-13)21-11-15(20)10-18-12-17(3,4)7-8-19/h5-6,9,15,18-20H,7-8,10-12H2,1-4H3. The molecule has 0 spiro atoms. The smallest absolute Gasteiger partial charge is 0.122 e. The van der Waals surface area contributed by atoms with Crippen LogP contribution in [0.4, 0.5) is 0 Å². The molecule has 0 amide bonds. The van der Waals surface area contributed by atoms with Crippen molar-refractivity contribution in [3.8, 4) is 5.75 Å². The average molecular weight is 295 g/mol. The molecule has 21 heavy (non-hydrogen) atoms. The van der Waals surface area contributed by atoms with E-state index < -0.39 is 6.10 Å². The van der Waals surface area contributed by atoms with E-state index in [1.54, 1.807) is 0 Å². The molecule has 0 aliphatic heterocycles. The van der Waals surface area contributed by atoms with E-state index in [4.69, 9.17) is 9.84 Å². The van der Waals surface area contributed by atoms with E-state index in [9.17, 15) is 5.11 Å². The summed E-state index contributed by atoms with van der Waals surface area (Å²) in [7, 11) is 0. The maximum absolute atomic E-state index is 9.96. The lowest BCUT2D eigenvalue weighted by atomic mass is 9.90. The number of rotatable bonds is 9. The van der Waals surface area contributed by atoms with Gasteiger partial charge in [0.15, 0.2) is 0 Å². The van der Waals surface area contributed by atoms with Crippen molar-refractivity contribution in [3.63, 3.8) is 0 Å². The Labute approximate surface area is 128 Å². The number of aliphatic hydroxyl groups is 2. The lowest BCUT2D eigenvalue weighted by Gasteiger charge is -2.25. The first kappa shape index (κ1) is 18.0. The predicted octanol–water partition coefficient (Wildman–Crippen LogP) is 2.04. The molecular weight excluding hydrogens is 266 g/mol. The van der Waals surface area contributed by atoms with Crippen LogP contribution in [-0.4, -0.2) is 42.6 Å². The Morgan fingerprint density at radius 3 is 2.67 bits per heavy atom. The number of hydrogen-bond acceptors (Lipinski definition) is 4. The lowest BCUT2D eigenvalue weighted by molar-refractivity contribution is 0.102. The van der Waals surface area contributed by atoms with Crippen molar-refractivity contribution in [2.24, 2.45) is 5.41 Å². The maximum atomic E-state index is 9.96. The van der Waals surface area contributed by atoms with Crippen LogP contribution in [0.3, 0.4) is 0 Å². The molecule has 3 N–H and O–H groups in total. The maximum Gasteiger partial charge on any atom is 0.122 e. The highest BCUT2D eigenvalue weighted by Gasteiger charge is 2.17. The molecule has 0 fully saturated rings. The van der Waals surface area contributed by atoms with Gasteiger partial charge in [-0.15, -0.1) is 0 Å². The summed E-state index contributed by atoms with van der Waals surface area (Å²) in [6.45, 7) is 9.91. The molecule has 1 aromatic carbocycles. The van der Waals surface area contributed by atoms with Crippen LogP contribution in [-0.2, 0) is 0 Å². The van der Waals surface area contributed by atoms with Gasteiger partial charge in [-0.3, -0.25) is 0 Å². The normalized spacial score (nSPS) is 13.2. The van der Waals surface area contributed by atoms with Gasteiger partial charge in [0.25, 0.3) is 0 Å². The molecule has 1 rings (SSSR count). The average Bonchev–Trinajstić information content (AvgIpc) is 2.39. The van der Waals surface area contributed by atoms with E-state index in [1.165, 1.54) is 0 Å². The summed E-state index contributed by atoms with van der Waals surface area (Å²) in [6.07, 6.45) is 0.199. The Kier molecular flexibility index (Phi) is 7.15. The lowest BCUT2D eigenvalue weighted by Crippen LogP contribution is -2.37. The second kappa shape index (κ2) is 8.37. The van der Waals surface area contributed by atoms with E-state index in [0.717, 1.165) is 29.8 Å². The third-order valence-corrected chi connectivity index (χ3v) is 3.55. The van der Waals surface area contributed by atoms with E-state index in [-0.39, 0.29) is 18.6 Å². The summed E-state index contributed by atoms with van der Waals surface area (Å²) in [5.41, 5.74) is 2.25. The van der Waals surface area contributed by atoms with Crippen LogP contribution in [0.1, 0.15) is 31.4 Å². The van der Waals surface area contributed by atoms with Crippen LogP contribution < -0.4 is 10.1 Å². The van der Waals surface area contributed by atoms with Crippen LogP contribution >= 0.6 is 0 Å². The second-order valence-electron chi connectivity index (χ2n) is 6.50. The van der Waals surface area contributed by atoms with Crippen molar-refractivity contribution in [2.75, 3.05) is 26.3 Å². The van der Waals surface area contributed by atoms with Gasteiger partial charge in [0, 0.05) is 19.7 Å². The molecule has 0 heterocycles. The molecule has 0 bridgehead atoms. The number of ether oxygens (including phenoxy) is 1. The molecule has 1 aromatic rings. The molecule has 1 atom stereocenters. The topological polar surface area (TPSA) is 61.7 Å². The van der Waals surface area contributed by atoms with Gasteiger partial charge in [0.05, 0.1) is 0 Å². The first-order valence-corrected chi connectivity index (χ1v) is 7.54. The summed E-state index contributed by atoms with van der Waals surface area (Å²) in [6, 6.07) is 6.05. The Hall–Kier alpha value is -1.10. The Balaban J connectivity index is 2.31. The fourth-order valence-corrected chi connectivity index (χ4v) is 2.08. The van der Waals surface area contributed by atoms with Gasteiger partial charge in [0.1, 0.15) is 18.5 Å². The number of hydrogen-bond donors (Lipinski definition) is 3. The largest absolute Gasteiger partial charge is 0.491 e. The molecule has 0 aromatic heterocycles. The zero-order valence-electron chi connectivity index (χ0n) is 13.6. The highest BCUT2D eigenvalue weighted by molar-refractivity contribution is 5.35. The fraction of sp³-hybridized carbons (Fsp3) is 0.647. The van der Waals surface area contributed by atoms with Gasteiger partial charge < -0.3 is 20.3 Å². The summed E-state index contributed by atoms with van der Waals surface area (Å²) < 4.78 is 5.68. The number of aliphatic hydroxyl groups excluding tert-OH is 2. The second-order valence-corrected chi connectivity index (χ2v) is 6.50. The third kappa shape index (κ3) is 6.93. The molecule has 0 saturated carbocycles. The van der Waals surface area contributed by atoms with E-state index in [0.29, 0.717) is 6.54 Å². The number of aryl methyl sites for hydroxylation is 2. The number of nitrogens with one attached hydrogen (secondary N) is 1. The van der Waals surface area contributed by atoms with Crippen LogP contribution in [0.15, 0.2) is 18.2 Å². The van der Waals surface area contributed by atoms with Gasteiger partial charge in [-0.25, -0.2) is 0 Å². The summed E-state index contributed by atoms with van der Waals surface area (Å²) in [5.74, 6) is 0.828. The van der Waals surface area contributed by atoms with Crippen molar-refractivity contribution in [1.29, 1.82) is 0 Å². The van der Waals surface area contributed by atoms with Crippen LogP contribution in [0.2, 0.25) is 0 Å². The predicted molar refractivity (Wildman–Crippen MR) is 85.8 cm³/mol. The first-order valence-electron chi connectivity index (χ1n) is 7.54. The SMILES string of the molecule is Cc1ccc(C)c(OCC(O)CNCC(C)(C)CCO)c1.